The Kier molecular flexibility index (Phi) is 5.74. The van der Waals surface area contributed by atoms with Crippen molar-refractivity contribution in [2.75, 3.05) is 5.32 Å². The second-order valence-corrected chi connectivity index (χ2v) is 9.28. The maximum atomic E-state index is 12.6. The van der Waals surface area contributed by atoms with Crippen molar-refractivity contribution in [1.82, 2.24) is 40.1 Å². The number of H-pyrrole nitrogens is 2. The van der Waals surface area contributed by atoms with E-state index in [2.05, 4.69) is 40.4 Å². The highest BCUT2D eigenvalue weighted by Crippen LogP contribution is 2.32. The molecule has 3 N–H and O–H groups in total. The van der Waals surface area contributed by atoms with Crippen LogP contribution >= 0.6 is 0 Å². The molecule has 192 valence electrons. The molecular weight excluding hydrogens is 502 g/mol. The van der Waals surface area contributed by atoms with Gasteiger partial charge in [0.15, 0.2) is 11.5 Å². The van der Waals surface area contributed by atoms with Crippen LogP contribution in [0.25, 0.3) is 55.8 Å². The van der Waals surface area contributed by atoms with E-state index >= 15 is 0 Å². The molecule has 6 heterocycles. The molecule has 0 fully saturated rings. The number of pyridine rings is 4. The number of benzene rings is 1. The van der Waals surface area contributed by atoms with E-state index in [0.29, 0.717) is 22.9 Å². The Morgan fingerprint density at radius 3 is 2.55 bits per heavy atom. The summed E-state index contributed by atoms with van der Waals surface area (Å²) in [4.78, 5) is 38.3. The topological polar surface area (TPSA) is 138 Å². The number of hydrogen-bond donors (Lipinski definition) is 3. The number of carbonyl (C=O) groups excluding carboxylic acids is 1. The lowest BCUT2D eigenvalue weighted by atomic mass is 10.1. The molecule has 7 aromatic rings. The molecule has 0 atom stereocenters. The Morgan fingerprint density at radius 1 is 0.825 bits per heavy atom. The number of rotatable bonds is 6. The summed E-state index contributed by atoms with van der Waals surface area (Å²) in [5.41, 5.74) is 7.84. The standard InChI is InChI=1S/C30H21N9O/c40-26(9-18-5-2-1-3-6-18)35-22-10-20(13-32-15-22)21-11-23-28(38-39-29(23)34-14-21)30-36-25-17-33-16-24(27(25)37-30)19-7-4-8-31-12-19/h1-8,10-17H,9H2,(H,35,40)(H,36,37)(H,34,38,39). The molecule has 0 aliphatic heterocycles. The number of aromatic nitrogens is 8. The molecule has 1 amide bonds. The number of hydrogen-bond acceptors (Lipinski definition) is 7. The minimum absolute atomic E-state index is 0.110. The van der Waals surface area contributed by atoms with Gasteiger partial charge in [0, 0.05) is 53.2 Å². The fourth-order valence-electron chi connectivity index (χ4n) is 4.67. The molecule has 0 saturated carbocycles. The van der Waals surface area contributed by atoms with Gasteiger partial charge < -0.3 is 10.3 Å². The molecule has 40 heavy (non-hydrogen) atoms. The van der Waals surface area contributed by atoms with Crippen LogP contribution in [0.1, 0.15) is 5.56 Å². The average Bonchev–Trinajstić information content (AvgIpc) is 3.62. The number of nitrogens with one attached hydrogen (secondary N) is 3. The third-order valence-electron chi connectivity index (χ3n) is 6.57. The number of aromatic amines is 2. The van der Waals surface area contributed by atoms with E-state index in [4.69, 9.17) is 4.98 Å². The van der Waals surface area contributed by atoms with Gasteiger partial charge in [-0.1, -0.05) is 36.4 Å². The highest BCUT2D eigenvalue weighted by molar-refractivity contribution is 5.97. The van der Waals surface area contributed by atoms with Crippen LogP contribution in [-0.4, -0.2) is 46.0 Å². The Hall–Kier alpha value is -5.77. The van der Waals surface area contributed by atoms with Gasteiger partial charge in [-0.3, -0.25) is 24.8 Å². The molecule has 10 heteroatoms. The van der Waals surface area contributed by atoms with Crippen LogP contribution in [0.4, 0.5) is 5.69 Å². The highest BCUT2D eigenvalue weighted by Gasteiger charge is 2.17. The van der Waals surface area contributed by atoms with Crippen molar-refractivity contribution in [1.29, 1.82) is 0 Å². The van der Waals surface area contributed by atoms with Crippen LogP contribution in [0.2, 0.25) is 0 Å². The van der Waals surface area contributed by atoms with Crippen LogP contribution < -0.4 is 5.32 Å². The summed E-state index contributed by atoms with van der Waals surface area (Å²) in [5, 5.41) is 11.2. The van der Waals surface area contributed by atoms with Crippen molar-refractivity contribution in [3.8, 4) is 33.8 Å². The number of carbonyl (C=O) groups is 1. The Morgan fingerprint density at radius 2 is 1.68 bits per heavy atom. The van der Waals surface area contributed by atoms with Crippen LogP contribution in [0, 0.1) is 0 Å². The summed E-state index contributed by atoms with van der Waals surface area (Å²) < 4.78 is 0. The van der Waals surface area contributed by atoms with Gasteiger partial charge in [-0.2, -0.15) is 5.10 Å². The van der Waals surface area contributed by atoms with Crippen molar-refractivity contribution < 1.29 is 4.79 Å². The van der Waals surface area contributed by atoms with Gasteiger partial charge in [0.2, 0.25) is 5.91 Å². The third-order valence-corrected chi connectivity index (χ3v) is 6.57. The van der Waals surface area contributed by atoms with E-state index in [1.54, 1.807) is 43.4 Å². The van der Waals surface area contributed by atoms with E-state index in [1.807, 2.05) is 54.6 Å². The predicted molar refractivity (Wildman–Crippen MR) is 152 cm³/mol. The maximum absolute atomic E-state index is 12.6. The van der Waals surface area contributed by atoms with Gasteiger partial charge >= 0.3 is 0 Å². The molecule has 0 aliphatic carbocycles. The second-order valence-electron chi connectivity index (χ2n) is 9.28. The first-order valence-electron chi connectivity index (χ1n) is 12.6. The molecule has 6 aromatic heterocycles. The maximum Gasteiger partial charge on any atom is 0.228 e. The number of nitrogens with zero attached hydrogens (tertiary/aromatic N) is 6. The first-order valence-corrected chi connectivity index (χ1v) is 12.6. The number of anilines is 1. The van der Waals surface area contributed by atoms with Gasteiger partial charge in [-0.05, 0) is 23.8 Å². The quantitative estimate of drug-likeness (QED) is 0.272. The zero-order chi connectivity index (χ0) is 26.9. The Balaban J connectivity index is 1.21. The summed E-state index contributed by atoms with van der Waals surface area (Å²) in [6, 6.07) is 17.3. The summed E-state index contributed by atoms with van der Waals surface area (Å²) in [5.74, 6) is 0.485. The molecule has 0 unspecified atom stereocenters. The zero-order valence-electron chi connectivity index (χ0n) is 21.0. The Bertz CT molecular complexity index is 1980. The molecule has 10 nitrogen and oxygen atoms in total. The zero-order valence-corrected chi connectivity index (χ0v) is 21.0. The fraction of sp³-hybridized carbons (Fsp3) is 0.0333. The molecular formula is C30H21N9O. The van der Waals surface area contributed by atoms with Gasteiger partial charge in [0.1, 0.15) is 11.2 Å². The third kappa shape index (κ3) is 4.43. The number of amides is 1. The largest absolute Gasteiger partial charge is 0.335 e. The number of imidazole rings is 1. The van der Waals surface area contributed by atoms with Gasteiger partial charge in [-0.25, -0.2) is 9.97 Å². The van der Waals surface area contributed by atoms with E-state index in [0.717, 1.165) is 44.2 Å². The lowest BCUT2D eigenvalue weighted by molar-refractivity contribution is -0.115. The molecule has 0 saturated heterocycles. The molecule has 0 bridgehead atoms. The summed E-state index contributed by atoms with van der Waals surface area (Å²) >= 11 is 0. The monoisotopic (exact) mass is 523 g/mol. The van der Waals surface area contributed by atoms with Gasteiger partial charge in [0.05, 0.1) is 35.4 Å². The minimum Gasteiger partial charge on any atom is -0.335 e. The van der Waals surface area contributed by atoms with E-state index in [9.17, 15) is 4.79 Å². The van der Waals surface area contributed by atoms with Crippen LogP contribution in [0.15, 0.2) is 98.0 Å². The second kappa shape index (κ2) is 9.84. The first-order chi connectivity index (χ1) is 19.7. The molecule has 0 aliphatic rings. The van der Waals surface area contributed by atoms with E-state index < -0.39 is 0 Å². The average molecular weight is 524 g/mol. The molecule has 0 radical (unpaired) electrons. The summed E-state index contributed by atoms with van der Waals surface area (Å²) in [6.07, 6.45) is 12.5. The van der Waals surface area contributed by atoms with Crippen molar-refractivity contribution in [2.24, 2.45) is 0 Å². The fourth-order valence-corrected chi connectivity index (χ4v) is 4.67. The Labute approximate surface area is 227 Å². The predicted octanol–water partition coefficient (Wildman–Crippen LogP) is 5.20. The van der Waals surface area contributed by atoms with Crippen molar-refractivity contribution in [3.63, 3.8) is 0 Å². The van der Waals surface area contributed by atoms with Crippen LogP contribution in [-0.2, 0) is 11.2 Å². The smallest absolute Gasteiger partial charge is 0.228 e. The molecule has 1 aromatic carbocycles. The van der Waals surface area contributed by atoms with Crippen LogP contribution in [0.5, 0.6) is 0 Å². The van der Waals surface area contributed by atoms with Gasteiger partial charge in [0.25, 0.3) is 0 Å². The van der Waals surface area contributed by atoms with Crippen LogP contribution in [0.3, 0.4) is 0 Å². The first kappa shape index (κ1) is 23.4. The lowest BCUT2D eigenvalue weighted by Gasteiger charge is -2.07. The number of fused-ring (bicyclic) bond motifs is 2. The van der Waals surface area contributed by atoms with Crippen molar-refractivity contribution in [2.45, 2.75) is 6.42 Å². The van der Waals surface area contributed by atoms with Crippen molar-refractivity contribution in [3.05, 3.63) is 104 Å². The van der Waals surface area contributed by atoms with E-state index in [-0.39, 0.29) is 12.3 Å². The molecule has 7 rings (SSSR count). The minimum atomic E-state index is -0.110. The lowest BCUT2D eigenvalue weighted by Crippen LogP contribution is -2.14. The van der Waals surface area contributed by atoms with Gasteiger partial charge in [-0.15, -0.1) is 0 Å². The summed E-state index contributed by atoms with van der Waals surface area (Å²) in [7, 11) is 0. The normalized spacial score (nSPS) is 11.2. The van der Waals surface area contributed by atoms with Crippen molar-refractivity contribution >= 4 is 33.7 Å². The molecule has 0 spiro atoms. The van der Waals surface area contributed by atoms with E-state index in [1.165, 1.54) is 0 Å². The summed E-state index contributed by atoms with van der Waals surface area (Å²) in [6.45, 7) is 0. The highest BCUT2D eigenvalue weighted by atomic mass is 16.1. The SMILES string of the molecule is O=C(Cc1ccccc1)Nc1cncc(-c2cnc3[nH]nc(-c4nc5c(-c6cccnc6)cncc5[nH]4)c3c2)c1.